The summed E-state index contributed by atoms with van der Waals surface area (Å²) < 4.78 is 10.9. The smallest absolute Gasteiger partial charge is 0.191 e. The van der Waals surface area contributed by atoms with E-state index in [1.165, 1.54) is 0 Å². The minimum absolute atomic E-state index is 0.590. The molecule has 0 aliphatic rings. The van der Waals surface area contributed by atoms with E-state index in [4.69, 9.17) is 9.15 Å². The first-order valence-electron chi connectivity index (χ1n) is 7.61. The number of guanidine groups is 1. The highest BCUT2D eigenvalue weighted by Gasteiger charge is 1.99. The summed E-state index contributed by atoms with van der Waals surface area (Å²) in [6, 6.07) is 13.6. The van der Waals surface area contributed by atoms with Crippen LogP contribution in [-0.2, 0) is 6.42 Å². The van der Waals surface area contributed by atoms with Gasteiger partial charge in [0.15, 0.2) is 5.96 Å². The Morgan fingerprint density at radius 3 is 2.73 bits per heavy atom. The van der Waals surface area contributed by atoms with Gasteiger partial charge in [-0.3, -0.25) is 4.99 Å². The number of aliphatic imine (C=N–C) groups is 1. The largest absolute Gasteiger partial charge is 0.492 e. The van der Waals surface area contributed by atoms with Crippen molar-refractivity contribution in [1.82, 2.24) is 10.6 Å². The predicted octanol–water partition coefficient (Wildman–Crippen LogP) is 2.46. The Bertz CT molecular complexity index is 538. The highest BCUT2D eigenvalue weighted by Crippen LogP contribution is 2.07. The normalized spacial score (nSPS) is 11.2. The summed E-state index contributed by atoms with van der Waals surface area (Å²) in [7, 11) is 0. The van der Waals surface area contributed by atoms with Gasteiger partial charge in [0.2, 0.25) is 0 Å². The van der Waals surface area contributed by atoms with E-state index in [0.717, 1.165) is 30.4 Å². The van der Waals surface area contributed by atoms with E-state index in [0.29, 0.717) is 19.7 Å². The van der Waals surface area contributed by atoms with Gasteiger partial charge in [0.25, 0.3) is 0 Å². The highest BCUT2D eigenvalue weighted by molar-refractivity contribution is 5.79. The molecule has 0 atom stereocenters. The molecule has 2 aromatic rings. The van der Waals surface area contributed by atoms with E-state index >= 15 is 0 Å². The highest BCUT2D eigenvalue weighted by atomic mass is 16.5. The zero-order valence-electron chi connectivity index (χ0n) is 12.9. The molecule has 2 rings (SSSR count). The quantitative estimate of drug-likeness (QED) is 0.447. The number of nitrogens with one attached hydrogen (secondary N) is 2. The summed E-state index contributed by atoms with van der Waals surface area (Å²) in [5.41, 5.74) is 0. The number of hydrogen-bond donors (Lipinski definition) is 2. The molecule has 0 spiro atoms. The molecule has 0 fully saturated rings. The summed E-state index contributed by atoms with van der Waals surface area (Å²) >= 11 is 0. The molecule has 5 nitrogen and oxygen atoms in total. The van der Waals surface area contributed by atoms with Crippen molar-refractivity contribution in [2.24, 2.45) is 4.99 Å². The molecular weight excluding hydrogens is 278 g/mol. The molecular formula is C17H23N3O2. The Morgan fingerprint density at radius 2 is 2.00 bits per heavy atom. The Balaban J connectivity index is 1.69. The van der Waals surface area contributed by atoms with Crippen LogP contribution in [0.2, 0.25) is 0 Å². The van der Waals surface area contributed by atoms with Gasteiger partial charge in [-0.15, -0.1) is 0 Å². The molecule has 1 aromatic carbocycles. The van der Waals surface area contributed by atoms with E-state index in [1.54, 1.807) is 6.26 Å². The molecule has 0 saturated carbocycles. The number of para-hydroxylation sites is 1. The second kappa shape index (κ2) is 9.50. The topological polar surface area (TPSA) is 58.8 Å². The summed E-state index contributed by atoms with van der Waals surface area (Å²) in [6.45, 7) is 4.84. The van der Waals surface area contributed by atoms with Gasteiger partial charge in [0.05, 0.1) is 12.8 Å². The van der Waals surface area contributed by atoms with Crippen molar-refractivity contribution in [2.45, 2.75) is 13.3 Å². The summed E-state index contributed by atoms with van der Waals surface area (Å²) in [4.78, 5) is 4.51. The summed E-state index contributed by atoms with van der Waals surface area (Å²) in [6.07, 6.45) is 2.48. The second-order valence-electron chi connectivity index (χ2n) is 4.68. The van der Waals surface area contributed by atoms with Gasteiger partial charge in [-0.25, -0.2) is 0 Å². The lowest BCUT2D eigenvalue weighted by Crippen LogP contribution is -2.39. The Kier molecular flexibility index (Phi) is 6.88. The molecule has 0 radical (unpaired) electrons. The monoisotopic (exact) mass is 301 g/mol. The third-order valence-corrected chi connectivity index (χ3v) is 2.96. The maximum atomic E-state index is 5.64. The SMILES string of the molecule is CCNC(=NCCc1ccco1)NCCOc1ccccc1. The van der Waals surface area contributed by atoms with Crippen LogP contribution in [-0.4, -0.2) is 32.2 Å². The number of rotatable bonds is 8. The Hall–Kier alpha value is -2.43. The first-order valence-corrected chi connectivity index (χ1v) is 7.61. The van der Waals surface area contributed by atoms with Gasteiger partial charge in [-0.2, -0.15) is 0 Å². The molecule has 1 aromatic heterocycles. The van der Waals surface area contributed by atoms with E-state index < -0.39 is 0 Å². The Morgan fingerprint density at radius 1 is 1.14 bits per heavy atom. The maximum absolute atomic E-state index is 5.64. The zero-order valence-corrected chi connectivity index (χ0v) is 12.9. The standard InChI is InChI=1S/C17H23N3O2/c1-2-18-17(19-11-10-16-9-6-13-21-16)20-12-14-22-15-7-4-3-5-8-15/h3-9,13H,2,10-12,14H2,1H3,(H2,18,19,20). The van der Waals surface area contributed by atoms with Crippen molar-refractivity contribution in [1.29, 1.82) is 0 Å². The van der Waals surface area contributed by atoms with Crippen molar-refractivity contribution in [2.75, 3.05) is 26.2 Å². The lowest BCUT2D eigenvalue weighted by atomic mass is 10.3. The molecule has 0 amide bonds. The van der Waals surface area contributed by atoms with Crippen LogP contribution in [0.4, 0.5) is 0 Å². The van der Waals surface area contributed by atoms with E-state index in [-0.39, 0.29) is 0 Å². The lowest BCUT2D eigenvalue weighted by molar-refractivity contribution is 0.322. The first-order chi connectivity index (χ1) is 10.9. The van der Waals surface area contributed by atoms with Crippen LogP contribution >= 0.6 is 0 Å². The van der Waals surface area contributed by atoms with E-state index in [1.807, 2.05) is 49.4 Å². The molecule has 0 saturated heterocycles. The van der Waals surface area contributed by atoms with E-state index in [9.17, 15) is 0 Å². The number of nitrogens with zero attached hydrogens (tertiary/aromatic N) is 1. The van der Waals surface area contributed by atoms with Crippen molar-refractivity contribution < 1.29 is 9.15 Å². The van der Waals surface area contributed by atoms with Crippen molar-refractivity contribution in [3.8, 4) is 5.75 Å². The molecule has 5 heteroatoms. The molecule has 0 aliphatic carbocycles. The van der Waals surface area contributed by atoms with Crippen LogP contribution < -0.4 is 15.4 Å². The van der Waals surface area contributed by atoms with E-state index in [2.05, 4.69) is 15.6 Å². The summed E-state index contributed by atoms with van der Waals surface area (Å²) in [5, 5.41) is 6.47. The molecule has 1 heterocycles. The fourth-order valence-electron chi connectivity index (χ4n) is 1.93. The molecule has 0 unspecified atom stereocenters. The van der Waals surface area contributed by atoms with Crippen LogP contribution in [0.3, 0.4) is 0 Å². The lowest BCUT2D eigenvalue weighted by Gasteiger charge is -2.12. The van der Waals surface area contributed by atoms with Gasteiger partial charge >= 0.3 is 0 Å². The predicted molar refractivity (Wildman–Crippen MR) is 88.3 cm³/mol. The van der Waals surface area contributed by atoms with Gasteiger partial charge in [-0.05, 0) is 31.2 Å². The van der Waals surface area contributed by atoms with Crippen molar-refractivity contribution in [3.63, 3.8) is 0 Å². The third-order valence-electron chi connectivity index (χ3n) is 2.96. The van der Waals surface area contributed by atoms with Crippen LogP contribution in [0.1, 0.15) is 12.7 Å². The third kappa shape index (κ3) is 5.91. The number of benzene rings is 1. The fourth-order valence-corrected chi connectivity index (χ4v) is 1.93. The molecule has 22 heavy (non-hydrogen) atoms. The zero-order chi connectivity index (χ0) is 15.5. The average molecular weight is 301 g/mol. The molecule has 118 valence electrons. The van der Waals surface area contributed by atoms with Gasteiger partial charge in [0, 0.05) is 19.5 Å². The summed E-state index contributed by atoms with van der Waals surface area (Å²) in [5.74, 6) is 2.63. The molecule has 0 aliphatic heterocycles. The van der Waals surface area contributed by atoms with Gasteiger partial charge < -0.3 is 19.8 Å². The minimum Gasteiger partial charge on any atom is -0.492 e. The minimum atomic E-state index is 0.590. The average Bonchev–Trinajstić information content (AvgIpc) is 3.06. The van der Waals surface area contributed by atoms with Crippen LogP contribution in [0, 0.1) is 0 Å². The van der Waals surface area contributed by atoms with Crippen LogP contribution in [0.5, 0.6) is 5.75 Å². The first kappa shape index (κ1) is 15.9. The van der Waals surface area contributed by atoms with Crippen LogP contribution in [0.15, 0.2) is 58.1 Å². The van der Waals surface area contributed by atoms with Crippen molar-refractivity contribution in [3.05, 3.63) is 54.5 Å². The maximum Gasteiger partial charge on any atom is 0.191 e. The fraction of sp³-hybridized carbons (Fsp3) is 0.353. The number of ether oxygens (including phenoxy) is 1. The number of furan rings is 1. The molecule has 0 bridgehead atoms. The number of hydrogen-bond acceptors (Lipinski definition) is 3. The van der Waals surface area contributed by atoms with Crippen LogP contribution in [0.25, 0.3) is 0 Å². The van der Waals surface area contributed by atoms with Crippen molar-refractivity contribution >= 4 is 5.96 Å². The van der Waals surface area contributed by atoms with Gasteiger partial charge in [-0.1, -0.05) is 18.2 Å². The van der Waals surface area contributed by atoms with Gasteiger partial charge in [0.1, 0.15) is 18.1 Å². The molecule has 2 N–H and O–H groups in total. The second-order valence-corrected chi connectivity index (χ2v) is 4.68. The Labute approximate surface area is 131 Å².